The Morgan fingerprint density at radius 3 is 2.69 bits per heavy atom. The van der Waals surface area contributed by atoms with Crippen molar-refractivity contribution in [3.05, 3.63) is 80.4 Å². The first-order valence-corrected chi connectivity index (χ1v) is 9.86. The largest absolute Gasteiger partial charge is 0.484 e. The fourth-order valence-corrected chi connectivity index (χ4v) is 3.67. The predicted molar refractivity (Wildman–Crippen MR) is 118 cm³/mol. The van der Waals surface area contributed by atoms with E-state index in [1.54, 1.807) is 30.3 Å². The molecule has 0 atom stereocenters. The van der Waals surface area contributed by atoms with Crippen LogP contribution in [0.4, 0.5) is 5.69 Å². The first-order chi connectivity index (χ1) is 13.9. The van der Waals surface area contributed by atoms with Crippen molar-refractivity contribution in [2.24, 2.45) is 0 Å². The molecule has 0 fully saturated rings. The van der Waals surface area contributed by atoms with Gasteiger partial charge in [0.25, 0.3) is 5.91 Å². The smallest absolute Gasteiger partial charge is 0.262 e. The van der Waals surface area contributed by atoms with E-state index in [9.17, 15) is 9.59 Å². The summed E-state index contributed by atoms with van der Waals surface area (Å²) in [4.78, 5) is 25.1. The molecule has 1 heterocycles. The molecule has 146 valence electrons. The van der Waals surface area contributed by atoms with E-state index in [1.807, 2.05) is 38.1 Å². The lowest BCUT2D eigenvalue weighted by Crippen LogP contribution is -2.20. The molecule has 0 saturated heterocycles. The van der Waals surface area contributed by atoms with Crippen LogP contribution < -0.4 is 15.5 Å². The molecule has 0 bridgehead atoms. The van der Waals surface area contributed by atoms with Crippen molar-refractivity contribution in [1.29, 1.82) is 0 Å². The zero-order chi connectivity index (χ0) is 20.5. The summed E-state index contributed by atoms with van der Waals surface area (Å²) in [6.45, 7) is 3.73. The van der Waals surface area contributed by atoms with Crippen molar-refractivity contribution in [2.75, 3.05) is 11.9 Å². The first-order valence-electron chi connectivity index (χ1n) is 9.07. The number of hydrogen-bond acceptors (Lipinski definition) is 4. The van der Waals surface area contributed by atoms with E-state index in [4.69, 9.17) is 9.15 Å². The van der Waals surface area contributed by atoms with E-state index in [-0.39, 0.29) is 17.9 Å². The predicted octanol–water partition coefficient (Wildman–Crippen LogP) is 5.34. The molecule has 5 nitrogen and oxygen atoms in total. The number of nitrogens with one attached hydrogen (secondary N) is 1. The minimum atomic E-state index is -0.306. The molecule has 0 aliphatic heterocycles. The van der Waals surface area contributed by atoms with Crippen molar-refractivity contribution in [2.45, 2.75) is 13.8 Å². The van der Waals surface area contributed by atoms with Crippen molar-refractivity contribution < 1.29 is 13.9 Å². The highest BCUT2D eigenvalue weighted by Crippen LogP contribution is 2.25. The lowest BCUT2D eigenvalue weighted by atomic mass is 10.1. The Morgan fingerprint density at radius 1 is 1.07 bits per heavy atom. The van der Waals surface area contributed by atoms with Crippen LogP contribution in [0.3, 0.4) is 0 Å². The SMILES string of the molecule is Cc1cc(C)c2oc3cc(NC(=O)COc4cccc(Br)c4)ccc3c(=O)c2c1. The Hall–Kier alpha value is -3.12. The van der Waals surface area contributed by atoms with Crippen molar-refractivity contribution in [3.8, 4) is 5.75 Å². The number of aryl methyl sites for hydroxylation is 2. The third-order valence-corrected chi connectivity index (χ3v) is 5.04. The number of anilines is 1. The number of carbonyl (C=O) groups is 1. The fourth-order valence-electron chi connectivity index (χ4n) is 3.29. The van der Waals surface area contributed by atoms with Crippen molar-refractivity contribution >= 4 is 49.5 Å². The third-order valence-electron chi connectivity index (χ3n) is 4.55. The minimum Gasteiger partial charge on any atom is -0.484 e. The lowest BCUT2D eigenvalue weighted by molar-refractivity contribution is -0.118. The zero-order valence-electron chi connectivity index (χ0n) is 15.9. The van der Waals surface area contributed by atoms with Gasteiger partial charge in [-0.1, -0.05) is 28.1 Å². The van der Waals surface area contributed by atoms with E-state index in [2.05, 4.69) is 21.2 Å². The van der Waals surface area contributed by atoms with E-state index < -0.39 is 0 Å². The van der Waals surface area contributed by atoms with Gasteiger partial charge in [-0.15, -0.1) is 0 Å². The van der Waals surface area contributed by atoms with Gasteiger partial charge in [0.05, 0.1) is 10.8 Å². The summed E-state index contributed by atoms with van der Waals surface area (Å²) in [6.07, 6.45) is 0. The number of hydrogen-bond donors (Lipinski definition) is 1. The Morgan fingerprint density at radius 2 is 1.90 bits per heavy atom. The average molecular weight is 452 g/mol. The average Bonchev–Trinajstić information content (AvgIpc) is 2.67. The standard InChI is InChI=1S/C23H18BrNO4/c1-13-8-14(2)23-19(9-13)22(27)18-7-6-16(11-20(18)29-23)25-21(26)12-28-17-5-3-4-15(24)10-17/h3-11H,12H2,1-2H3,(H,25,26). The number of carbonyl (C=O) groups excluding carboxylic acids is 1. The molecule has 1 aromatic heterocycles. The van der Waals surface area contributed by atoms with Gasteiger partial charge in [-0.25, -0.2) is 0 Å². The van der Waals surface area contributed by atoms with Crippen LogP contribution in [-0.4, -0.2) is 12.5 Å². The number of ether oxygens (including phenoxy) is 1. The summed E-state index contributed by atoms with van der Waals surface area (Å²) in [6, 6.07) is 16.1. The highest BCUT2D eigenvalue weighted by Gasteiger charge is 2.12. The van der Waals surface area contributed by atoms with Gasteiger partial charge < -0.3 is 14.5 Å². The second kappa shape index (κ2) is 7.72. The van der Waals surface area contributed by atoms with Crippen molar-refractivity contribution in [1.82, 2.24) is 0 Å². The molecule has 0 aliphatic carbocycles. The first kappa shape index (κ1) is 19.2. The van der Waals surface area contributed by atoms with Crippen LogP contribution in [0, 0.1) is 13.8 Å². The van der Waals surface area contributed by atoms with Crippen LogP contribution in [0.1, 0.15) is 11.1 Å². The topological polar surface area (TPSA) is 68.5 Å². The summed E-state index contributed by atoms with van der Waals surface area (Å²) >= 11 is 3.36. The van der Waals surface area contributed by atoms with Gasteiger partial charge in [-0.3, -0.25) is 9.59 Å². The van der Waals surface area contributed by atoms with Crippen molar-refractivity contribution in [3.63, 3.8) is 0 Å². The molecule has 0 aliphatic rings. The summed E-state index contributed by atoms with van der Waals surface area (Å²) in [5.41, 5.74) is 3.36. The fraction of sp³-hybridized carbons (Fsp3) is 0.130. The number of rotatable bonds is 4. The number of amides is 1. The Labute approximate surface area is 175 Å². The quantitative estimate of drug-likeness (QED) is 0.425. The van der Waals surface area contributed by atoms with E-state index in [0.29, 0.717) is 33.4 Å². The molecule has 0 radical (unpaired) electrons. The molecule has 6 heteroatoms. The molecule has 0 spiro atoms. The van der Waals surface area contributed by atoms with Gasteiger partial charge in [0.15, 0.2) is 6.61 Å². The number of halogens is 1. The van der Waals surface area contributed by atoms with Crippen LogP contribution in [0.15, 0.2) is 68.3 Å². The highest BCUT2D eigenvalue weighted by molar-refractivity contribution is 9.10. The highest BCUT2D eigenvalue weighted by atomic mass is 79.9. The maximum atomic E-state index is 12.8. The third kappa shape index (κ3) is 4.03. The lowest BCUT2D eigenvalue weighted by Gasteiger charge is -2.09. The molecular weight excluding hydrogens is 434 g/mol. The molecule has 1 amide bonds. The minimum absolute atomic E-state index is 0.0797. The van der Waals surface area contributed by atoms with Gasteiger partial charge >= 0.3 is 0 Å². The molecule has 0 unspecified atom stereocenters. The monoisotopic (exact) mass is 451 g/mol. The molecule has 4 rings (SSSR count). The van der Waals surface area contributed by atoms with Gasteiger partial charge in [0, 0.05) is 16.2 Å². The molecule has 4 aromatic rings. The van der Waals surface area contributed by atoms with E-state index in [1.165, 1.54) is 0 Å². The molecule has 3 aromatic carbocycles. The van der Waals surface area contributed by atoms with Gasteiger partial charge in [-0.2, -0.15) is 0 Å². The number of fused-ring (bicyclic) bond motifs is 2. The van der Waals surface area contributed by atoms with Crippen LogP contribution in [0.5, 0.6) is 5.75 Å². The summed E-state index contributed by atoms with van der Waals surface area (Å²) in [5, 5.41) is 3.81. The second-order valence-electron chi connectivity index (χ2n) is 6.89. The van der Waals surface area contributed by atoms with E-state index in [0.717, 1.165) is 15.6 Å². The normalized spacial score (nSPS) is 11.0. The summed E-state index contributed by atoms with van der Waals surface area (Å²) in [7, 11) is 0. The maximum Gasteiger partial charge on any atom is 0.262 e. The summed E-state index contributed by atoms with van der Waals surface area (Å²) in [5.74, 6) is 0.288. The molecule has 0 saturated carbocycles. The molecular formula is C23H18BrNO4. The maximum absolute atomic E-state index is 12.8. The van der Waals surface area contributed by atoms with Crippen LogP contribution >= 0.6 is 15.9 Å². The van der Waals surface area contributed by atoms with Gasteiger partial charge in [0.1, 0.15) is 16.9 Å². The van der Waals surface area contributed by atoms with Crippen LogP contribution in [-0.2, 0) is 4.79 Å². The zero-order valence-corrected chi connectivity index (χ0v) is 17.5. The Kier molecular flexibility index (Phi) is 5.11. The Bertz CT molecular complexity index is 1310. The van der Waals surface area contributed by atoms with Gasteiger partial charge in [0.2, 0.25) is 5.43 Å². The Balaban J connectivity index is 1.59. The summed E-state index contributed by atoms with van der Waals surface area (Å²) < 4.78 is 12.4. The van der Waals surface area contributed by atoms with Gasteiger partial charge in [-0.05, 0) is 61.4 Å². The van der Waals surface area contributed by atoms with Crippen LogP contribution in [0.2, 0.25) is 0 Å². The van der Waals surface area contributed by atoms with Crippen LogP contribution in [0.25, 0.3) is 21.9 Å². The molecule has 1 N–H and O–H groups in total. The van der Waals surface area contributed by atoms with E-state index >= 15 is 0 Å². The number of benzene rings is 3. The molecule has 29 heavy (non-hydrogen) atoms. The second-order valence-corrected chi connectivity index (χ2v) is 7.81.